The average Bonchev–Trinajstić information content (AvgIpc) is 2.97. The van der Waals surface area contributed by atoms with Crippen LogP contribution in [-0.4, -0.2) is 109 Å². The van der Waals surface area contributed by atoms with Crippen LogP contribution in [0.1, 0.15) is 81.1 Å². The van der Waals surface area contributed by atoms with Gasteiger partial charge in [0.15, 0.2) is 12.1 Å². The number of carbonyl (C=O) groups is 2. The van der Waals surface area contributed by atoms with Crippen molar-refractivity contribution in [2.75, 3.05) is 34.3 Å². The fraction of sp³-hybridized carbons (Fsp3) is 0.829. The van der Waals surface area contributed by atoms with Gasteiger partial charge in [-0.05, 0) is 86.9 Å². The van der Waals surface area contributed by atoms with E-state index in [0.717, 1.165) is 5.57 Å². The average molecular weight is 639 g/mol. The van der Waals surface area contributed by atoms with Gasteiger partial charge in [-0.15, -0.1) is 6.58 Å². The number of nitrogens with zero attached hydrogens (tertiary/aromatic N) is 1. The van der Waals surface area contributed by atoms with Crippen LogP contribution in [0.5, 0.6) is 0 Å². The van der Waals surface area contributed by atoms with E-state index in [-0.39, 0.29) is 29.8 Å². The number of ether oxygens (including phenoxy) is 4. The smallest absolute Gasteiger partial charge is 0.316 e. The van der Waals surface area contributed by atoms with Gasteiger partial charge in [-0.1, -0.05) is 38.5 Å². The number of allylic oxidation sites excluding steroid dienone is 1. The highest BCUT2D eigenvalue weighted by Gasteiger charge is 2.50. The van der Waals surface area contributed by atoms with E-state index in [0.29, 0.717) is 38.8 Å². The van der Waals surface area contributed by atoms with Gasteiger partial charge in [-0.3, -0.25) is 9.59 Å². The molecule has 1 fully saturated rings. The van der Waals surface area contributed by atoms with E-state index in [1.807, 2.05) is 46.7 Å². The Bertz CT molecular complexity index is 1020. The number of aliphatic hydroxyl groups is 2. The standard InChI is InChI=1S/C35H62N2O8/c1-13-16-36-17-15-26-22(4)18-21(3)20-34(8,42-12)31(45-33-30(39)27(37(10)11)19-23(5)43-33)24(6)29(38)25(7)32(40)44-28(14-2)35(26,9)41/h13,18,21,23-28,30-31,33,36,39,41H,1,14-17,19-20H2,2-12H3/b22-18-/t21-,23+,24-,25?,26+,27-,28+,30+,31+,33-,34+,35-/m0/s1. The van der Waals surface area contributed by atoms with Gasteiger partial charge in [0, 0.05) is 31.5 Å². The molecule has 260 valence electrons. The minimum absolute atomic E-state index is 0.0450. The first kappa shape index (κ1) is 39.5. The highest BCUT2D eigenvalue weighted by atomic mass is 16.7. The summed E-state index contributed by atoms with van der Waals surface area (Å²) < 4.78 is 24.8. The molecule has 0 aromatic rings. The van der Waals surface area contributed by atoms with Crippen LogP contribution >= 0.6 is 0 Å². The fourth-order valence-electron chi connectivity index (χ4n) is 7.34. The largest absolute Gasteiger partial charge is 0.459 e. The SMILES string of the molecule is C=CCNCC[C@@H]1/C(C)=C\[C@H](C)C[C@@](C)(OC)[C@H](O[C@@H]2O[C@H](C)C[C@H](N(C)C)[C@H]2O)[C@@H](C)C(=O)C(C)C(=O)O[C@H](CC)[C@@]1(C)O. The number of methoxy groups -OCH3 is 1. The maximum atomic E-state index is 14.0. The van der Waals surface area contributed by atoms with E-state index in [9.17, 15) is 19.8 Å². The van der Waals surface area contributed by atoms with E-state index in [1.54, 1.807) is 27.0 Å². The molecule has 0 radical (unpaired) electrons. The summed E-state index contributed by atoms with van der Waals surface area (Å²) >= 11 is 0. The molecule has 2 aliphatic heterocycles. The molecule has 0 aromatic carbocycles. The molecule has 12 atom stereocenters. The van der Waals surface area contributed by atoms with E-state index in [1.165, 1.54) is 6.92 Å². The molecule has 10 nitrogen and oxygen atoms in total. The first-order chi connectivity index (χ1) is 20.9. The molecular formula is C35H62N2O8. The van der Waals surface area contributed by atoms with Crippen LogP contribution < -0.4 is 5.32 Å². The number of carbonyl (C=O) groups excluding carboxylic acids is 2. The first-order valence-corrected chi connectivity index (χ1v) is 16.6. The molecule has 2 aliphatic rings. The van der Waals surface area contributed by atoms with Crippen molar-refractivity contribution in [1.82, 2.24) is 10.2 Å². The van der Waals surface area contributed by atoms with Crippen molar-refractivity contribution < 1.29 is 38.7 Å². The topological polar surface area (TPSA) is 127 Å². The maximum absolute atomic E-state index is 14.0. The van der Waals surface area contributed by atoms with Gasteiger partial charge in [0.2, 0.25) is 0 Å². The van der Waals surface area contributed by atoms with Gasteiger partial charge < -0.3 is 39.4 Å². The van der Waals surface area contributed by atoms with Crippen molar-refractivity contribution in [3.63, 3.8) is 0 Å². The molecule has 0 bridgehead atoms. The van der Waals surface area contributed by atoms with Crippen molar-refractivity contribution in [3.8, 4) is 0 Å². The van der Waals surface area contributed by atoms with Crippen LogP contribution in [0.2, 0.25) is 0 Å². The number of aliphatic hydroxyl groups excluding tert-OH is 1. The number of ketones is 1. The van der Waals surface area contributed by atoms with E-state index < -0.39 is 53.6 Å². The fourth-order valence-corrected chi connectivity index (χ4v) is 7.34. The zero-order valence-corrected chi connectivity index (χ0v) is 29.7. The monoisotopic (exact) mass is 638 g/mol. The molecule has 3 N–H and O–H groups in total. The predicted molar refractivity (Wildman–Crippen MR) is 176 cm³/mol. The van der Waals surface area contributed by atoms with Gasteiger partial charge in [0.1, 0.15) is 23.7 Å². The van der Waals surface area contributed by atoms with Gasteiger partial charge in [0.05, 0.1) is 17.8 Å². The van der Waals surface area contributed by atoms with E-state index >= 15 is 0 Å². The highest BCUT2D eigenvalue weighted by molar-refractivity contribution is 6.00. The molecular weight excluding hydrogens is 576 g/mol. The Labute approximate surface area is 271 Å². The number of nitrogens with one attached hydrogen (secondary N) is 1. The molecule has 0 spiro atoms. The number of hydrogen-bond acceptors (Lipinski definition) is 10. The van der Waals surface area contributed by atoms with E-state index in [4.69, 9.17) is 18.9 Å². The van der Waals surface area contributed by atoms with Crippen LogP contribution in [0, 0.1) is 23.7 Å². The quantitative estimate of drug-likeness (QED) is 0.140. The lowest BCUT2D eigenvalue weighted by molar-refractivity contribution is -0.295. The molecule has 0 aromatic heterocycles. The lowest BCUT2D eigenvalue weighted by atomic mass is 9.74. The van der Waals surface area contributed by atoms with Crippen molar-refractivity contribution >= 4 is 11.8 Å². The Morgan fingerprint density at radius 3 is 2.40 bits per heavy atom. The van der Waals surface area contributed by atoms with Gasteiger partial charge in [0.25, 0.3) is 0 Å². The minimum atomic E-state index is -1.39. The lowest BCUT2D eigenvalue weighted by Crippen LogP contribution is -2.59. The Morgan fingerprint density at radius 2 is 1.84 bits per heavy atom. The number of likely N-dealkylation sites (N-methyl/N-ethyl adjacent to an activating group) is 1. The minimum Gasteiger partial charge on any atom is -0.459 e. The second-order valence-electron chi connectivity index (χ2n) is 14.0. The van der Waals surface area contributed by atoms with Gasteiger partial charge >= 0.3 is 5.97 Å². The Balaban J connectivity index is 2.63. The molecule has 0 aliphatic carbocycles. The number of rotatable bonds is 10. The number of Topliss-reactive ketones (excluding diaryl/α,β-unsaturated/α-hetero) is 1. The summed E-state index contributed by atoms with van der Waals surface area (Å²) in [5, 5.41) is 26.6. The molecule has 0 amide bonds. The van der Waals surface area contributed by atoms with Gasteiger partial charge in [-0.25, -0.2) is 0 Å². The van der Waals surface area contributed by atoms with Crippen molar-refractivity contribution in [2.24, 2.45) is 23.7 Å². The maximum Gasteiger partial charge on any atom is 0.316 e. The van der Waals surface area contributed by atoms with Crippen LogP contribution in [-0.2, 0) is 28.5 Å². The lowest BCUT2D eigenvalue weighted by Gasteiger charge is -2.47. The van der Waals surface area contributed by atoms with Crippen LogP contribution in [0.15, 0.2) is 24.3 Å². The molecule has 45 heavy (non-hydrogen) atoms. The third-order valence-electron chi connectivity index (χ3n) is 10.0. The van der Waals surface area contributed by atoms with Crippen LogP contribution in [0.25, 0.3) is 0 Å². The number of esters is 1. The molecule has 0 saturated carbocycles. The summed E-state index contributed by atoms with van der Waals surface area (Å²) in [6.45, 7) is 19.8. The molecule has 2 heterocycles. The third-order valence-corrected chi connectivity index (χ3v) is 10.0. The molecule has 1 unspecified atom stereocenters. The van der Waals surface area contributed by atoms with Crippen molar-refractivity contribution in [1.29, 1.82) is 0 Å². The van der Waals surface area contributed by atoms with Gasteiger partial charge in [-0.2, -0.15) is 0 Å². The number of hydrogen-bond donors (Lipinski definition) is 3. The Morgan fingerprint density at radius 1 is 1.20 bits per heavy atom. The summed E-state index contributed by atoms with van der Waals surface area (Å²) in [6.07, 6.45) is 2.17. The second kappa shape index (κ2) is 16.9. The normalized spacial score (nSPS) is 42.0. The summed E-state index contributed by atoms with van der Waals surface area (Å²) in [7, 11) is 5.40. The zero-order valence-electron chi connectivity index (χ0n) is 29.7. The summed E-state index contributed by atoms with van der Waals surface area (Å²) in [5.74, 6) is -3.37. The molecule has 10 heteroatoms. The summed E-state index contributed by atoms with van der Waals surface area (Å²) in [4.78, 5) is 29.5. The second-order valence-corrected chi connectivity index (χ2v) is 14.0. The third kappa shape index (κ3) is 9.69. The van der Waals surface area contributed by atoms with Crippen LogP contribution in [0.4, 0.5) is 0 Å². The van der Waals surface area contributed by atoms with E-state index in [2.05, 4.69) is 24.9 Å². The Kier molecular flexibility index (Phi) is 14.9. The van der Waals surface area contributed by atoms with Crippen LogP contribution in [0.3, 0.4) is 0 Å². The molecule has 2 rings (SSSR count). The summed E-state index contributed by atoms with van der Waals surface area (Å²) in [5.41, 5.74) is -1.42. The Hall–Kier alpha value is -1.66. The van der Waals surface area contributed by atoms with Crippen molar-refractivity contribution in [2.45, 2.75) is 129 Å². The highest BCUT2D eigenvalue weighted by Crippen LogP contribution is 2.39. The van der Waals surface area contributed by atoms with Crippen molar-refractivity contribution in [3.05, 3.63) is 24.3 Å². The predicted octanol–water partition coefficient (Wildman–Crippen LogP) is 3.88. The summed E-state index contributed by atoms with van der Waals surface area (Å²) in [6, 6.07) is -0.202. The molecule has 1 saturated heterocycles. The zero-order chi connectivity index (χ0) is 34.3. The number of cyclic esters (lactones) is 1. The first-order valence-electron chi connectivity index (χ1n) is 16.6.